The topological polar surface area (TPSA) is 165 Å². The summed E-state index contributed by atoms with van der Waals surface area (Å²) in [5, 5.41) is 19.8. The van der Waals surface area contributed by atoms with Crippen molar-refractivity contribution in [2.75, 3.05) is 14.2 Å². The number of hydrogen-bond donors (Lipinski definition) is 3. The number of aromatic nitrogens is 2. The highest BCUT2D eigenvalue weighted by atomic mass is 32.2. The maximum absolute atomic E-state index is 15.0. The van der Waals surface area contributed by atoms with Crippen LogP contribution in [-0.4, -0.2) is 59.7 Å². The van der Waals surface area contributed by atoms with Crippen LogP contribution in [0.15, 0.2) is 53.0 Å². The standard InChI is InChI=1S/C17H15F2N3O4S2.C4H4O4/c1-20-8-10-9-22(14(13(10)18)11-4-3-6-21-16(11)19)28(24,25)12-5-7-27-15(12)17(23)26-2;5-3(6)1-2-4(7)8/h3-7,9,20H,8H2,1-2H3;1-2H,(H,5,6)(H,7,8). The minimum atomic E-state index is -4.43. The van der Waals surface area contributed by atoms with Crippen molar-refractivity contribution in [3.8, 4) is 11.3 Å². The molecule has 0 aromatic carbocycles. The van der Waals surface area contributed by atoms with Gasteiger partial charge in [0.15, 0.2) is 5.82 Å². The van der Waals surface area contributed by atoms with Crippen LogP contribution in [0.3, 0.4) is 0 Å². The molecule has 3 rings (SSSR count). The molecule has 0 aliphatic heterocycles. The molecule has 0 aliphatic rings. The molecule has 0 saturated heterocycles. The highest BCUT2D eigenvalue weighted by Gasteiger charge is 2.32. The van der Waals surface area contributed by atoms with Gasteiger partial charge in [0.1, 0.15) is 15.5 Å². The summed E-state index contributed by atoms with van der Waals surface area (Å²) in [7, 11) is -1.75. The maximum atomic E-state index is 15.0. The number of carbonyl (C=O) groups is 3. The molecule has 11 nitrogen and oxygen atoms in total. The summed E-state index contributed by atoms with van der Waals surface area (Å²) >= 11 is 0.870. The van der Waals surface area contributed by atoms with Gasteiger partial charge in [-0.05, 0) is 30.6 Å². The Labute approximate surface area is 207 Å². The highest BCUT2D eigenvalue weighted by Crippen LogP contribution is 2.33. The van der Waals surface area contributed by atoms with Gasteiger partial charge in [0.25, 0.3) is 10.0 Å². The Morgan fingerprint density at radius 2 is 1.83 bits per heavy atom. The lowest BCUT2D eigenvalue weighted by Crippen LogP contribution is -2.16. The summed E-state index contributed by atoms with van der Waals surface area (Å²) in [6, 6.07) is 3.81. The molecule has 0 radical (unpaired) electrons. The predicted octanol–water partition coefficient (Wildman–Crippen LogP) is 2.34. The van der Waals surface area contributed by atoms with Crippen molar-refractivity contribution in [3.63, 3.8) is 0 Å². The summed E-state index contributed by atoms with van der Waals surface area (Å²) in [5.74, 6) is -5.28. The van der Waals surface area contributed by atoms with E-state index in [4.69, 9.17) is 10.2 Å². The molecule has 0 bridgehead atoms. The lowest BCUT2D eigenvalue weighted by molar-refractivity contribution is -0.134. The number of methoxy groups -OCH3 is 1. The molecule has 0 aliphatic carbocycles. The number of carboxylic acid groups (broad SMARTS) is 2. The van der Waals surface area contributed by atoms with Gasteiger partial charge in [-0.25, -0.2) is 36.1 Å². The number of halogens is 2. The number of nitrogens with one attached hydrogen (secondary N) is 1. The zero-order valence-electron chi connectivity index (χ0n) is 18.6. The van der Waals surface area contributed by atoms with Crippen molar-refractivity contribution >= 4 is 39.3 Å². The van der Waals surface area contributed by atoms with Crippen LogP contribution in [0.5, 0.6) is 0 Å². The first-order chi connectivity index (χ1) is 16.9. The monoisotopic (exact) mass is 543 g/mol. The van der Waals surface area contributed by atoms with Gasteiger partial charge in [0.05, 0.1) is 12.7 Å². The molecule has 0 fully saturated rings. The largest absolute Gasteiger partial charge is 0.478 e. The third-order valence-corrected chi connectivity index (χ3v) is 7.00. The van der Waals surface area contributed by atoms with Gasteiger partial charge < -0.3 is 20.3 Å². The van der Waals surface area contributed by atoms with Gasteiger partial charge in [-0.3, -0.25) is 0 Å². The predicted molar refractivity (Wildman–Crippen MR) is 123 cm³/mol. The second kappa shape index (κ2) is 12.1. The first kappa shape index (κ1) is 28.3. The smallest absolute Gasteiger partial charge is 0.349 e. The number of esters is 1. The number of carboxylic acids is 2. The molecule has 3 aromatic heterocycles. The molecule has 0 saturated carbocycles. The summed E-state index contributed by atoms with van der Waals surface area (Å²) < 4.78 is 61.0. The molecule has 192 valence electrons. The molecule has 0 atom stereocenters. The lowest BCUT2D eigenvalue weighted by atomic mass is 10.2. The fraction of sp³-hybridized carbons (Fsp3) is 0.143. The van der Waals surface area contributed by atoms with Gasteiger partial charge in [0, 0.05) is 36.7 Å². The van der Waals surface area contributed by atoms with Crippen LogP contribution in [0.25, 0.3) is 11.3 Å². The quantitative estimate of drug-likeness (QED) is 0.218. The maximum Gasteiger partial charge on any atom is 0.349 e. The van der Waals surface area contributed by atoms with E-state index < -0.39 is 45.4 Å². The SMILES string of the molecule is CNCc1cn(S(=O)(=O)c2ccsc2C(=O)OC)c(-c2cccnc2F)c1F.O=C(O)C=CC(=O)O. The fourth-order valence-corrected chi connectivity index (χ4v) is 5.51. The van der Waals surface area contributed by atoms with Crippen molar-refractivity contribution in [2.45, 2.75) is 11.4 Å². The Morgan fingerprint density at radius 3 is 2.36 bits per heavy atom. The molecular formula is C21H19F2N3O8S2. The van der Waals surface area contributed by atoms with E-state index in [1.807, 2.05) is 0 Å². The minimum Gasteiger partial charge on any atom is -0.478 e. The van der Waals surface area contributed by atoms with E-state index in [0.29, 0.717) is 16.1 Å². The number of aliphatic carboxylic acids is 2. The van der Waals surface area contributed by atoms with Crippen LogP contribution in [0.4, 0.5) is 8.78 Å². The second-order valence-corrected chi connectivity index (χ2v) is 9.30. The molecule has 3 heterocycles. The Hall–Kier alpha value is -3.95. The summed E-state index contributed by atoms with van der Waals surface area (Å²) in [5.41, 5.74) is -0.808. The number of rotatable bonds is 8. The van der Waals surface area contributed by atoms with E-state index in [1.54, 1.807) is 7.05 Å². The summed E-state index contributed by atoms with van der Waals surface area (Å²) in [4.78, 5) is 34.0. The number of ether oxygens (including phenoxy) is 1. The molecule has 0 spiro atoms. The van der Waals surface area contributed by atoms with Crippen LogP contribution in [0, 0.1) is 11.8 Å². The zero-order valence-corrected chi connectivity index (χ0v) is 20.3. The van der Waals surface area contributed by atoms with E-state index in [-0.39, 0.29) is 27.4 Å². The van der Waals surface area contributed by atoms with Crippen LogP contribution >= 0.6 is 11.3 Å². The van der Waals surface area contributed by atoms with Gasteiger partial charge in [0.2, 0.25) is 5.95 Å². The van der Waals surface area contributed by atoms with Crippen molar-refractivity contribution in [1.29, 1.82) is 0 Å². The van der Waals surface area contributed by atoms with Gasteiger partial charge in [-0.2, -0.15) is 4.39 Å². The average molecular weight is 544 g/mol. The van der Waals surface area contributed by atoms with Gasteiger partial charge in [-0.1, -0.05) is 0 Å². The Bertz CT molecular complexity index is 1400. The summed E-state index contributed by atoms with van der Waals surface area (Å²) in [6.45, 7) is 0.0106. The molecule has 15 heteroatoms. The van der Waals surface area contributed by atoms with Crippen LogP contribution in [0.1, 0.15) is 15.2 Å². The minimum absolute atomic E-state index is 0.0106. The van der Waals surface area contributed by atoms with E-state index >= 15 is 4.39 Å². The highest BCUT2D eigenvalue weighted by molar-refractivity contribution is 7.90. The number of pyridine rings is 1. The number of carbonyl (C=O) groups excluding carboxylic acids is 1. The van der Waals surface area contributed by atoms with E-state index in [0.717, 1.165) is 24.6 Å². The van der Waals surface area contributed by atoms with Crippen molar-refractivity contribution in [1.82, 2.24) is 14.3 Å². The normalized spacial score (nSPS) is 11.1. The number of thiophene rings is 1. The van der Waals surface area contributed by atoms with Gasteiger partial charge in [-0.15, -0.1) is 11.3 Å². The van der Waals surface area contributed by atoms with E-state index in [1.165, 1.54) is 29.8 Å². The first-order valence-electron chi connectivity index (χ1n) is 9.66. The van der Waals surface area contributed by atoms with E-state index in [9.17, 15) is 27.2 Å². The van der Waals surface area contributed by atoms with Crippen LogP contribution in [0.2, 0.25) is 0 Å². The summed E-state index contributed by atoms with van der Waals surface area (Å²) in [6.07, 6.45) is 3.34. The molecule has 0 unspecified atom stereocenters. The van der Waals surface area contributed by atoms with Crippen molar-refractivity contribution in [3.05, 3.63) is 70.3 Å². The van der Waals surface area contributed by atoms with E-state index in [2.05, 4.69) is 15.0 Å². The molecule has 36 heavy (non-hydrogen) atoms. The molecular weight excluding hydrogens is 524 g/mol. The third-order valence-electron chi connectivity index (χ3n) is 4.27. The first-order valence-corrected chi connectivity index (χ1v) is 12.0. The molecule has 3 aromatic rings. The van der Waals surface area contributed by atoms with Crippen LogP contribution in [-0.2, 0) is 30.9 Å². The zero-order chi connectivity index (χ0) is 27.0. The third kappa shape index (κ3) is 6.38. The molecule has 3 N–H and O–H groups in total. The average Bonchev–Trinajstić information content (AvgIpc) is 3.45. The number of hydrogen-bond acceptors (Lipinski definition) is 9. The molecule has 0 amide bonds. The van der Waals surface area contributed by atoms with Crippen molar-refractivity contribution in [2.24, 2.45) is 0 Å². The Balaban J connectivity index is 0.000000493. The van der Waals surface area contributed by atoms with Crippen molar-refractivity contribution < 1.29 is 46.5 Å². The Morgan fingerprint density at radius 1 is 1.19 bits per heavy atom. The van der Waals surface area contributed by atoms with Crippen LogP contribution < -0.4 is 5.32 Å². The fourth-order valence-electron chi connectivity index (χ4n) is 2.81. The van der Waals surface area contributed by atoms with Gasteiger partial charge >= 0.3 is 17.9 Å². The second-order valence-electron chi connectivity index (χ2n) is 6.61. The lowest BCUT2D eigenvalue weighted by Gasteiger charge is -2.11. The Kier molecular flexibility index (Phi) is 9.54. The number of nitrogens with zero attached hydrogens (tertiary/aromatic N) is 2.